The van der Waals surface area contributed by atoms with Gasteiger partial charge in [0.25, 0.3) is 5.91 Å². The van der Waals surface area contributed by atoms with Crippen molar-refractivity contribution in [3.8, 4) is 16.9 Å². The van der Waals surface area contributed by atoms with Gasteiger partial charge in [-0.05, 0) is 90.7 Å². The Kier molecular flexibility index (Phi) is 7.96. The number of hydrogen-bond donors (Lipinski definition) is 3. The first-order chi connectivity index (χ1) is 21.2. The molecule has 9 nitrogen and oxygen atoms in total. The van der Waals surface area contributed by atoms with Crippen molar-refractivity contribution in [1.29, 1.82) is 0 Å². The Labute approximate surface area is 254 Å². The molecule has 2 amide bonds. The minimum atomic E-state index is -4.74. The second kappa shape index (κ2) is 11.6. The molecule has 232 valence electrons. The summed E-state index contributed by atoms with van der Waals surface area (Å²) in [6.07, 6.45) is -4.74. The quantitative estimate of drug-likeness (QED) is 0.113. The van der Waals surface area contributed by atoms with Crippen LogP contribution in [0.15, 0.2) is 72.8 Å². The number of alkyl halides is 3. The highest BCUT2D eigenvalue weighted by atomic mass is 19.4. The first-order valence-electron chi connectivity index (χ1n) is 13.5. The number of halogens is 4. The summed E-state index contributed by atoms with van der Waals surface area (Å²) in [5, 5.41) is 19.9. The maximum absolute atomic E-state index is 13.8. The number of carbonyl (C=O) groups is 2. The van der Waals surface area contributed by atoms with Gasteiger partial charge in [-0.1, -0.05) is 12.1 Å². The molecule has 0 bridgehead atoms. The molecule has 0 aliphatic carbocycles. The Morgan fingerprint density at radius 3 is 2.29 bits per heavy atom. The largest absolute Gasteiger partial charge is 0.490 e. The summed E-state index contributed by atoms with van der Waals surface area (Å²) in [5.74, 6) is -1.93. The molecule has 3 N–H and O–H groups in total. The van der Waals surface area contributed by atoms with Gasteiger partial charge >= 0.3 is 11.9 Å². The van der Waals surface area contributed by atoms with Crippen molar-refractivity contribution in [2.75, 3.05) is 17.7 Å². The van der Waals surface area contributed by atoms with E-state index in [1.165, 1.54) is 19.2 Å². The molecular weight excluding hydrogens is 596 g/mol. The highest BCUT2D eigenvalue weighted by Gasteiger charge is 2.33. The topological polar surface area (TPSA) is 123 Å². The molecule has 45 heavy (non-hydrogen) atoms. The summed E-state index contributed by atoms with van der Waals surface area (Å²) >= 11 is 0. The summed E-state index contributed by atoms with van der Waals surface area (Å²) in [4.78, 5) is 37.1. The van der Waals surface area contributed by atoms with Crippen molar-refractivity contribution in [3.05, 3.63) is 111 Å². The van der Waals surface area contributed by atoms with Gasteiger partial charge in [-0.3, -0.25) is 19.7 Å². The third-order valence-electron chi connectivity index (χ3n) is 7.54. The average Bonchev–Trinajstić information content (AvgIpc) is 3.13. The van der Waals surface area contributed by atoms with Gasteiger partial charge in [0, 0.05) is 12.6 Å². The fourth-order valence-corrected chi connectivity index (χ4v) is 4.96. The summed E-state index contributed by atoms with van der Waals surface area (Å²) in [7, 11) is 1.34. The van der Waals surface area contributed by atoms with Crippen molar-refractivity contribution in [2.24, 2.45) is 0 Å². The molecule has 0 atom stereocenters. The predicted octanol–water partition coefficient (Wildman–Crippen LogP) is 7.33. The number of methoxy groups -OCH3 is 1. The van der Waals surface area contributed by atoms with Crippen LogP contribution in [0.1, 0.15) is 40.9 Å². The van der Waals surface area contributed by atoms with E-state index in [4.69, 9.17) is 4.74 Å². The zero-order valence-corrected chi connectivity index (χ0v) is 24.1. The lowest BCUT2D eigenvalue weighted by Gasteiger charge is -2.25. The van der Waals surface area contributed by atoms with E-state index in [0.29, 0.717) is 45.4 Å². The van der Waals surface area contributed by atoms with E-state index in [1.807, 2.05) is 0 Å². The Morgan fingerprint density at radius 2 is 1.60 bits per heavy atom. The number of fused-ring (bicyclic) bond motifs is 2. The molecule has 1 aliphatic rings. The van der Waals surface area contributed by atoms with Crippen molar-refractivity contribution in [1.82, 2.24) is 5.32 Å². The summed E-state index contributed by atoms with van der Waals surface area (Å²) in [6.45, 7) is 2.90. The Balaban J connectivity index is 1.38. The van der Waals surface area contributed by atoms with E-state index in [1.54, 1.807) is 56.3 Å². The number of nitro benzene ring substituents is 1. The van der Waals surface area contributed by atoms with Crippen LogP contribution in [0.2, 0.25) is 0 Å². The molecule has 5 rings (SSSR count). The number of ether oxygens (including phenoxy) is 1. The first-order valence-corrected chi connectivity index (χ1v) is 13.5. The lowest BCUT2D eigenvalue weighted by Crippen LogP contribution is -2.39. The fraction of sp³-hybridized carbons (Fsp3) is 0.188. The molecule has 0 spiro atoms. The van der Waals surface area contributed by atoms with Gasteiger partial charge in [0.2, 0.25) is 5.91 Å². The van der Waals surface area contributed by atoms with Crippen LogP contribution < -0.4 is 20.7 Å². The highest BCUT2D eigenvalue weighted by molar-refractivity contribution is 6.12. The van der Waals surface area contributed by atoms with Crippen LogP contribution in [0.25, 0.3) is 11.1 Å². The minimum absolute atomic E-state index is 0.0471. The average molecular weight is 623 g/mol. The van der Waals surface area contributed by atoms with Gasteiger partial charge in [0.15, 0.2) is 5.75 Å². The van der Waals surface area contributed by atoms with Crippen LogP contribution in [0.4, 0.5) is 40.3 Å². The zero-order chi connectivity index (χ0) is 32.7. The number of amides is 2. The van der Waals surface area contributed by atoms with E-state index >= 15 is 0 Å². The molecule has 4 aromatic rings. The monoisotopic (exact) mass is 622 g/mol. The van der Waals surface area contributed by atoms with Crippen LogP contribution in [-0.4, -0.2) is 23.8 Å². The number of nitrogens with one attached hydrogen (secondary N) is 3. The highest BCUT2D eigenvalue weighted by Crippen LogP contribution is 2.39. The Morgan fingerprint density at radius 1 is 0.889 bits per heavy atom. The van der Waals surface area contributed by atoms with Crippen molar-refractivity contribution in [2.45, 2.75) is 32.0 Å². The SMILES string of the molecule is COc1cc(-c2ccc3c(c2)Nc2ccc(C(C)(C)C(=O)NCc4cc(F)cc(C(F)(F)F)c4)cc2NC3=O)ccc1[N+](=O)[O-]. The van der Waals surface area contributed by atoms with Gasteiger partial charge < -0.3 is 20.7 Å². The smallest absolute Gasteiger partial charge is 0.416 e. The molecule has 1 aliphatic heterocycles. The normalized spacial score (nSPS) is 12.6. The van der Waals surface area contributed by atoms with Crippen LogP contribution in [0.5, 0.6) is 5.75 Å². The molecule has 0 fully saturated rings. The summed E-state index contributed by atoms with van der Waals surface area (Å²) in [5.41, 5.74) is 0.933. The van der Waals surface area contributed by atoms with Crippen LogP contribution in [-0.2, 0) is 22.9 Å². The molecule has 0 saturated carbocycles. The maximum Gasteiger partial charge on any atom is 0.416 e. The molecule has 13 heteroatoms. The molecule has 0 radical (unpaired) electrons. The fourth-order valence-electron chi connectivity index (χ4n) is 4.96. The summed E-state index contributed by atoms with van der Waals surface area (Å²) < 4.78 is 58.2. The number of anilines is 3. The molecule has 0 unspecified atom stereocenters. The van der Waals surface area contributed by atoms with Crippen molar-refractivity contribution >= 4 is 34.6 Å². The van der Waals surface area contributed by atoms with Gasteiger partial charge in [0.05, 0.1) is 45.6 Å². The second-order valence-electron chi connectivity index (χ2n) is 10.9. The number of rotatable bonds is 7. The molecule has 1 heterocycles. The predicted molar refractivity (Wildman–Crippen MR) is 159 cm³/mol. The standard InChI is InChI=1S/C32H26F4N4O5/c1-31(2,30(42)37-16-17-10-21(32(34,35)36)14-22(33)11-17)20-6-8-24-26(15-20)39-29(41)23-7-4-18(12-25(23)38-24)19-5-9-27(40(43)44)28(13-19)45-3/h4-15,38H,16H2,1-3H3,(H,37,42)(H,39,41). The lowest BCUT2D eigenvalue weighted by molar-refractivity contribution is -0.385. The molecule has 4 aromatic carbocycles. The number of nitrogens with zero attached hydrogens (tertiary/aromatic N) is 1. The third kappa shape index (κ3) is 6.28. The summed E-state index contributed by atoms with van der Waals surface area (Å²) in [6, 6.07) is 16.6. The van der Waals surface area contributed by atoms with E-state index in [2.05, 4.69) is 16.0 Å². The van der Waals surface area contributed by atoms with Gasteiger partial charge in [-0.25, -0.2) is 4.39 Å². The van der Waals surface area contributed by atoms with Crippen molar-refractivity contribution < 1.29 is 36.8 Å². The maximum atomic E-state index is 13.8. The van der Waals surface area contributed by atoms with E-state index in [9.17, 15) is 37.3 Å². The molecule has 0 aromatic heterocycles. The molecular formula is C32H26F4N4O5. The van der Waals surface area contributed by atoms with Crippen LogP contribution >= 0.6 is 0 Å². The first kappa shape index (κ1) is 31.0. The Hall–Kier alpha value is -5.46. The minimum Gasteiger partial charge on any atom is -0.490 e. The van der Waals surface area contributed by atoms with Crippen LogP contribution in [0.3, 0.4) is 0 Å². The van der Waals surface area contributed by atoms with E-state index in [-0.39, 0.29) is 23.5 Å². The Bertz CT molecular complexity index is 1860. The third-order valence-corrected chi connectivity index (χ3v) is 7.54. The zero-order valence-electron chi connectivity index (χ0n) is 24.1. The van der Waals surface area contributed by atoms with E-state index in [0.717, 1.165) is 12.1 Å². The van der Waals surface area contributed by atoms with E-state index < -0.39 is 39.7 Å². The number of benzene rings is 4. The number of nitro groups is 1. The van der Waals surface area contributed by atoms with Crippen molar-refractivity contribution in [3.63, 3.8) is 0 Å². The second-order valence-corrected chi connectivity index (χ2v) is 10.9. The van der Waals surface area contributed by atoms with Gasteiger partial charge in [-0.2, -0.15) is 13.2 Å². The molecule has 0 saturated heterocycles. The number of hydrogen-bond acceptors (Lipinski definition) is 6. The van der Waals surface area contributed by atoms with Crippen LogP contribution in [0, 0.1) is 15.9 Å². The van der Waals surface area contributed by atoms with Gasteiger partial charge in [-0.15, -0.1) is 0 Å². The lowest BCUT2D eigenvalue weighted by atomic mass is 9.83. The van der Waals surface area contributed by atoms with Gasteiger partial charge in [0.1, 0.15) is 5.82 Å². The number of carbonyl (C=O) groups excluding carboxylic acids is 2.